The number of carbonyl (C=O) groups is 2. The van der Waals surface area contributed by atoms with Gasteiger partial charge in [0, 0.05) is 38.3 Å². The van der Waals surface area contributed by atoms with Crippen LogP contribution in [0, 0.1) is 0 Å². The normalized spacial score (nSPS) is 16.4. The lowest BCUT2D eigenvalue weighted by Gasteiger charge is -2.39. The van der Waals surface area contributed by atoms with E-state index in [-0.39, 0.29) is 31.1 Å². The standard InChI is InChI=1S/C26H37N5O4S/c1-20(23-11-7-9-21-8-3-4-10-24(21)23)30-16-12-22(13-17-30)31(36(2,34)35)19-26(33)29-18-25(32)28-15-6-5-14-27/h3-11,20,22H,12-19,27H2,1-2H3,(H,28,32)(H,29,33)/b6-5+. The van der Waals surface area contributed by atoms with E-state index in [2.05, 4.69) is 52.8 Å². The third kappa shape index (κ3) is 7.60. The van der Waals surface area contributed by atoms with Crippen molar-refractivity contribution in [2.24, 2.45) is 5.73 Å². The van der Waals surface area contributed by atoms with Gasteiger partial charge in [-0.15, -0.1) is 0 Å². The van der Waals surface area contributed by atoms with Gasteiger partial charge in [0.1, 0.15) is 0 Å². The Morgan fingerprint density at radius 1 is 1.08 bits per heavy atom. The van der Waals surface area contributed by atoms with Crippen molar-refractivity contribution in [1.29, 1.82) is 0 Å². The summed E-state index contributed by atoms with van der Waals surface area (Å²) >= 11 is 0. The third-order valence-corrected chi connectivity index (χ3v) is 7.90. The van der Waals surface area contributed by atoms with Crippen LogP contribution >= 0.6 is 0 Å². The third-order valence-electron chi connectivity index (χ3n) is 6.62. The fourth-order valence-electron chi connectivity index (χ4n) is 4.68. The number of amides is 2. The van der Waals surface area contributed by atoms with Crippen LogP contribution in [0.1, 0.15) is 31.4 Å². The number of likely N-dealkylation sites (tertiary alicyclic amines) is 1. The summed E-state index contributed by atoms with van der Waals surface area (Å²) < 4.78 is 26.3. The second-order valence-electron chi connectivity index (χ2n) is 9.11. The van der Waals surface area contributed by atoms with Gasteiger partial charge in [-0.2, -0.15) is 4.31 Å². The van der Waals surface area contributed by atoms with Gasteiger partial charge in [0.15, 0.2) is 0 Å². The Hall–Kier alpha value is -2.79. The maximum atomic E-state index is 12.5. The molecule has 10 heteroatoms. The summed E-state index contributed by atoms with van der Waals surface area (Å²) in [4.78, 5) is 26.7. The molecule has 1 aliphatic heterocycles. The molecule has 1 fully saturated rings. The predicted octanol–water partition coefficient (Wildman–Crippen LogP) is 1.37. The van der Waals surface area contributed by atoms with Gasteiger partial charge in [0.2, 0.25) is 21.8 Å². The van der Waals surface area contributed by atoms with Gasteiger partial charge in [-0.05, 0) is 36.1 Å². The fraction of sp³-hybridized carbons (Fsp3) is 0.462. The van der Waals surface area contributed by atoms with Gasteiger partial charge < -0.3 is 16.4 Å². The van der Waals surface area contributed by atoms with Crippen LogP contribution in [0.25, 0.3) is 10.8 Å². The highest BCUT2D eigenvalue weighted by molar-refractivity contribution is 7.88. The predicted molar refractivity (Wildman–Crippen MR) is 143 cm³/mol. The van der Waals surface area contributed by atoms with Crippen LogP contribution in [-0.4, -0.2) is 81.0 Å². The number of fused-ring (bicyclic) bond motifs is 1. The first-order chi connectivity index (χ1) is 17.2. The van der Waals surface area contributed by atoms with E-state index < -0.39 is 15.9 Å². The Morgan fingerprint density at radius 3 is 2.47 bits per heavy atom. The topological polar surface area (TPSA) is 125 Å². The molecule has 0 radical (unpaired) electrons. The van der Waals surface area contributed by atoms with Gasteiger partial charge in [-0.25, -0.2) is 8.42 Å². The van der Waals surface area contributed by atoms with E-state index in [1.165, 1.54) is 20.6 Å². The average Bonchev–Trinajstić information content (AvgIpc) is 2.87. The van der Waals surface area contributed by atoms with Crippen molar-refractivity contribution in [1.82, 2.24) is 19.8 Å². The summed E-state index contributed by atoms with van der Waals surface area (Å²) in [7, 11) is -3.60. The molecule has 1 atom stereocenters. The maximum absolute atomic E-state index is 12.5. The zero-order valence-corrected chi connectivity index (χ0v) is 21.8. The molecule has 2 aromatic rings. The van der Waals surface area contributed by atoms with Crippen LogP contribution in [0.5, 0.6) is 0 Å². The van der Waals surface area contributed by atoms with Crippen LogP contribution in [0.4, 0.5) is 0 Å². The lowest BCUT2D eigenvalue weighted by atomic mass is 9.96. The summed E-state index contributed by atoms with van der Waals surface area (Å²) in [5.41, 5.74) is 6.60. The Morgan fingerprint density at radius 2 is 1.78 bits per heavy atom. The Bertz CT molecular complexity index is 1170. The van der Waals surface area contributed by atoms with Crippen molar-refractivity contribution in [3.05, 3.63) is 60.2 Å². The molecule has 4 N–H and O–H groups in total. The van der Waals surface area contributed by atoms with Crippen molar-refractivity contribution in [2.75, 3.05) is 45.5 Å². The molecular formula is C26H37N5O4S. The molecule has 2 amide bonds. The number of benzene rings is 2. The number of sulfonamides is 1. The lowest BCUT2D eigenvalue weighted by molar-refractivity contribution is -0.126. The second kappa shape index (κ2) is 13.0. The van der Waals surface area contributed by atoms with Crippen LogP contribution < -0.4 is 16.4 Å². The molecule has 0 aliphatic carbocycles. The highest BCUT2D eigenvalue weighted by Crippen LogP contribution is 2.31. The Balaban J connectivity index is 1.56. The van der Waals surface area contributed by atoms with Crippen molar-refractivity contribution in [3.63, 3.8) is 0 Å². The first-order valence-corrected chi connectivity index (χ1v) is 14.1. The number of rotatable bonds is 11. The van der Waals surface area contributed by atoms with E-state index in [9.17, 15) is 18.0 Å². The van der Waals surface area contributed by atoms with E-state index >= 15 is 0 Å². The molecule has 1 heterocycles. The van der Waals surface area contributed by atoms with Crippen LogP contribution in [-0.2, 0) is 19.6 Å². The van der Waals surface area contributed by atoms with Crippen molar-refractivity contribution >= 4 is 32.6 Å². The highest BCUT2D eigenvalue weighted by Gasteiger charge is 2.33. The van der Waals surface area contributed by atoms with Gasteiger partial charge in [-0.1, -0.05) is 54.6 Å². The van der Waals surface area contributed by atoms with Gasteiger partial charge in [-0.3, -0.25) is 14.5 Å². The summed E-state index contributed by atoms with van der Waals surface area (Å²) in [6.45, 7) is 3.81. The average molecular weight is 516 g/mol. The number of hydrogen-bond acceptors (Lipinski definition) is 6. The lowest BCUT2D eigenvalue weighted by Crippen LogP contribution is -2.51. The monoisotopic (exact) mass is 515 g/mol. The van der Waals surface area contributed by atoms with Crippen molar-refractivity contribution < 1.29 is 18.0 Å². The summed E-state index contributed by atoms with van der Waals surface area (Å²) in [5.74, 6) is -0.855. The first-order valence-electron chi connectivity index (χ1n) is 12.3. The van der Waals surface area contributed by atoms with E-state index in [0.29, 0.717) is 25.9 Å². The molecule has 1 aliphatic rings. The Labute approximate surface area is 213 Å². The maximum Gasteiger partial charge on any atom is 0.239 e. The summed E-state index contributed by atoms with van der Waals surface area (Å²) in [5, 5.41) is 7.57. The number of nitrogens with one attached hydrogen (secondary N) is 2. The van der Waals surface area contributed by atoms with Crippen LogP contribution in [0.2, 0.25) is 0 Å². The van der Waals surface area contributed by atoms with E-state index in [0.717, 1.165) is 19.3 Å². The van der Waals surface area contributed by atoms with Gasteiger partial charge in [0.25, 0.3) is 0 Å². The smallest absolute Gasteiger partial charge is 0.239 e. The van der Waals surface area contributed by atoms with Crippen molar-refractivity contribution in [2.45, 2.75) is 31.8 Å². The van der Waals surface area contributed by atoms with E-state index in [4.69, 9.17) is 5.73 Å². The SMILES string of the molecule is CC(c1cccc2ccccc12)N1CCC(N(CC(=O)NCC(=O)NC/C=C/CN)S(C)(=O)=O)CC1. The fourth-order valence-corrected chi connectivity index (χ4v) is 5.78. The van der Waals surface area contributed by atoms with E-state index in [1.807, 2.05) is 12.1 Å². The zero-order valence-electron chi connectivity index (χ0n) is 21.0. The minimum atomic E-state index is -3.60. The second-order valence-corrected chi connectivity index (χ2v) is 11.0. The summed E-state index contributed by atoms with van der Waals surface area (Å²) in [6.07, 6.45) is 5.82. The van der Waals surface area contributed by atoms with E-state index in [1.54, 1.807) is 12.2 Å². The number of nitrogens with two attached hydrogens (primary N) is 1. The molecule has 0 saturated carbocycles. The molecule has 0 spiro atoms. The minimum absolute atomic E-state index is 0.185. The molecule has 3 rings (SSSR count). The molecule has 1 saturated heterocycles. The van der Waals surface area contributed by atoms with Crippen molar-refractivity contribution in [3.8, 4) is 0 Å². The molecule has 196 valence electrons. The molecule has 1 unspecified atom stereocenters. The van der Waals surface area contributed by atoms with Crippen LogP contribution in [0.15, 0.2) is 54.6 Å². The number of carbonyl (C=O) groups excluding carboxylic acids is 2. The molecule has 36 heavy (non-hydrogen) atoms. The molecular weight excluding hydrogens is 478 g/mol. The Kier molecular flexibility index (Phi) is 10.0. The molecule has 9 nitrogen and oxygen atoms in total. The number of nitrogens with zero attached hydrogens (tertiary/aromatic N) is 2. The van der Waals surface area contributed by atoms with Gasteiger partial charge in [0.05, 0.1) is 19.3 Å². The molecule has 0 bridgehead atoms. The highest BCUT2D eigenvalue weighted by atomic mass is 32.2. The minimum Gasteiger partial charge on any atom is -0.351 e. The number of hydrogen-bond donors (Lipinski definition) is 3. The zero-order chi connectivity index (χ0) is 26.1. The van der Waals surface area contributed by atoms with Gasteiger partial charge >= 0.3 is 0 Å². The quantitative estimate of drug-likeness (QED) is 0.388. The largest absolute Gasteiger partial charge is 0.351 e. The molecule has 2 aromatic carbocycles. The first kappa shape index (κ1) is 27.8. The number of piperidine rings is 1. The summed E-state index contributed by atoms with van der Waals surface area (Å²) in [6, 6.07) is 14.6. The van der Waals surface area contributed by atoms with Crippen LogP contribution in [0.3, 0.4) is 0 Å². The molecule has 0 aromatic heterocycles.